The maximum Gasteiger partial charge on any atom is 0.339 e. The molecule has 3 rings (SSSR count). The van der Waals surface area contributed by atoms with Gasteiger partial charge in [0.2, 0.25) is 0 Å². The Bertz CT molecular complexity index is 1060. The van der Waals surface area contributed by atoms with Gasteiger partial charge in [0.05, 0.1) is 12.7 Å². The third kappa shape index (κ3) is 4.42. The average molecular weight is 441 g/mol. The van der Waals surface area contributed by atoms with Gasteiger partial charge in [-0.3, -0.25) is 4.79 Å². The van der Waals surface area contributed by atoms with E-state index in [9.17, 15) is 9.59 Å². The zero-order valence-electron chi connectivity index (χ0n) is 16.2. The lowest BCUT2D eigenvalue weighted by molar-refractivity contribution is 0.00683. The lowest BCUT2D eigenvalue weighted by atomic mass is 9.99. The monoisotopic (exact) mass is 440 g/mol. The van der Waals surface area contributed by atoms with Crippen LogP contribution in [-0.4, -0.2) is 24.5 Å². The summed E-state index contributed by atoms with van der Waals surface area (Å²) in [4.78, 5) is 25.2. The van der Waals surface area contributed by atoms with Crippen molar-refractivity contribution >= 4 is 38.5 Å². The van der Waals surface area contributed by atoms with Crippen LogP contribution in [0.2, 0.25) is 0 Å². The zero-order chi connectivity index (χ0) is 20.5. The molecule has 4 nitrogen and oxygen atoms in total. The van der Waals surface area contributed by atoms with Gasteiger partial charge in [-0.25, -0.2) is 4.79 Å². The van der Waals surface area contributed by atoms with Crippen molar-refractivity contribution in [2.24, 2.45) is 0 Å². The molecule has 0 saturated carbocycles. The number of carbonyl (C=O) groups excluding carboxylic acids is 2. The van der Waals surface area contributed by atoms with E-state index >= 15 is 0 Å². The fourth-order valence-corrected chi connectivity index (χ4v) is 3.35. The van der Waals surface area contributed by atoms with Crippen LogP contribution < -0.4 is 4.74 Å². The summed E-state index contributed by atoms with van der Waals surface area (Å²) in [7, 11) is 1.62. The van der Waals surface area contributed by atoms with Gasteiger partial charge < -0.3 is 9.47 Å². The minimum absolute atomic E-state index is 0.117. The topological polar surface area (TPSA) is 52.6 Å². The van der Waals surface area contributed by atoms with Crippen molar-refractivity contribution in [1.82, 2.24) is 0 Å². The van der Waals surface area contributed by atoms with Crippen molar-refractivity contribution in [3.63, 3.8) is 0 Å². The fraction of sp³-hybridized carbons (Fsp3) is 0.217. The van der Waals surface area contributed by atoms with Gasteiger partial charge in [0, 0.05) is 15.6 Å². The number of fused-ring (bicyclic) bond motifs is 1. The Morgan fingerprint density at radius 2 is 1.46 bits per heavy atom. The first-order valence-corrected chi connectivity index (χ1v) is 9.62. The largest absolute Gasteiger partial charge is 0.497 e. The molecule has 0 bridgehead atoms. The number of halogens is 1. The number of methoxy groups -OCH3 is 1. The molecule has 0 aromatic heterocycles. The van der Waals surface area contributed by atoms with Crippen LogP contribution in [0.25, 0.3) is 10.8 Å². The molecule has 0 N–H and O–H groups in total. The van der Waals surface area contributed by atoms with E-state index in [1.165, 1.54) is 0 Å². The number of carbonyl (C=O) groups is 2. The lowest BCUT2D eigenvalue weighted by Crippen LogP contribution is -2.24. The molecule has 3 aromatic rings. The molecule has 144 valence electrons. The molecule has 0 fully saturated rings. The summed E-state index contributed by atoms with van der Waals surface area (Å²) in [5.41, 5.74) is 0.873. The van der Waals surface area contributed by atoms with E-state index < -0.39 is 11.6 Å². The Morgan fingerprint density at radius 1 is 0.857 bits per heavy atom. The third-order valence-electron chi connectivity index (χ3n) is 4.16. The molecular formula is C23H21BrO4. The Balaban J connectivity index is 1.89. The molecule has 0 aliphatic heterocycles. The SMILES string of the molecule is COc1ccc2cc(C(=O)c3ccc(C(=O)OC(C)(C)C)c(Br)c3)ccc2c1. The second kappa shape index (κ2) is 7.76. The minimum atomic E-state index is -0.585. The van der Waals surface area contributed by atoms with E-state index in [0.29, 0.717) is 21.2 Å². The van der Waals surface area contributed by atoms with Crippen molar-refractivity contribution in [3.05, 3.63) is 75.8 Å². The summed E-state index contributed by atoms with van der Waals surface area (Å²) in [6.07, 6.45) is 0. The van der Waals surface area contributed by atoms with Gasteiger partial charge in [0.25, 0.3) is 0 Å². The number of benzene rings is 3. The molecule has 0 spiro atoms. The summed E-state index contributed by atoms with van der Waals surface area (Å²) >= 11 is 3.38. The number of esters is 1. The predicted molar refractivity (Wildman–Crippen MR) is 113 cm³/mol. The number of ether oxygens (including phenoxy) is 2. The van der Waals surface area contributed by atoms with Crippen LogP contribution in [0.5, 0.6) is 5.75 Å². The fourth-order valence-electron chi connectivity index (χ4n) is 2.81. The Morgan fingerprint density at radius 3 is 2.11 bits per heavy atom. The molecule has 0 radical (unpaired) electrons. The molecule has 0 heterocycles. The molecule has 3 aromatic carbocycles. The normalized spacial score (nSPS) is 11.3. The van der Waals surface area contributed by atoms with Gasteiger partial charge in [-0.1, -0.05) is 24.3 Å². The van der Waals surface area contributed by atoms with Crippen LogP contribution in [-0.2, 0) is 4.74 Å². The molecule has 0 aliphatic rings. The first-order chi connectivity index (χ1) is 13.2. The molecule has 5 heteroatoms. The van der Waals surface area contributed by atoms with E-state index in [-0.39, 0.29) is 5.78 Å². The van der Waals surface area contributed by atoms with Crippen molar-refractivity contribution in [3.8, 4) is 5.75 Å². The molecule has 0 amide bonds. The van der Waals surface area contributed by atoms with Gasteiger partial charge in [-0.05, 0) is 77.8 Å². The third-order valence-corrected chi connectivity index (χ3v) is 4.82. The van der Waals surface area contributed by atoms with Crippen LogP contribution in [0.4, 0.5) is 0 Å². The van der Waals surface area contributed by atoms with Crippen molar-refractivity contribution in [1.29, 1.82) is 0 Å². The van der Waals surface area contributed by atoms with Gasteiger partial charge >= 0.3 is 5.97 Å². The number of rotatable bonds is 4. The number of hydrogen-bond acceptors (Lipinski definition) is 4. The molecule has 0 aliphatic carbocycles. The van der Waals surface area contributed by atoms with E-state index in [4.69, 9.17) is 9.47 Å². The highest BCUT2D eigenvalue weighted by Crippen LogP contribution is 2.26. The van der Waals surface area contributed by atoms with E-state index in [1.807, 2.05) is 51.1 Å². The van der Waals surface area contributed by atoms with Gasteiger partial charge in [0.1, 0.15) is 11.4 Å². The molecule has 0 unspecified atom stereocenters. The predicted octanol–water partition coefficient (Wildman–Crippen LogP) is 5.80. The average Bonchev–Trinajstić information content (AvgIpc) is 2.65. The van der Waals surface area contributed by atoms with Crippen LogP contribution >= 0.6 is 15.9 Å². The van der Waals surface area contributed by atoms with Crippen LogP contribution in [0.3, 0.4) is 0 Å². The lowest BCUT2D eigenvalue weighted by Gasteiger charge is -2.20. The van der Waals surface area contributed by atoms with Gasteiger partial charge in [0.15, 0.2) is 5.78 Å². The minimum Gasteiger partial charge on any atom is -0.497 e. The molecular weight excluding hydrogens is 420 g/mol. The first-order valence-electron chi connectivity index (χ1n) is 8.83. The maximum absolute atomic E-state index is 12.9. The standard InChI is InChI=1S/C23H21BrO4/c1-23(2,3)28-22(26)19-10-8-17(13-20(19)24)21(25)16-6-5-15-12-18(27-4)9-7-14(15)11-16/h5-13H,1-4H3. The van der Waals surface area contributed by atoms with Crippen LogP contribution in [0.15, 0.2) is 59.1 Å². The van der Waals surface area contributed by atoms with E-state index in [0.717, 1.165) is 16.5 Å². The molecule has 0 atom stereocenters. The highest BCUT2D eigenvalue weighted by Gasteiger charge is 2.21. The Kier molecular flexibility index (Phi) is 5.57. The van der Waals surface area contributed by atoms with E-state index in [1.54, 1.807) is 31.4 Å². The summed E-state index contributed by atoms with van der Waals surface area (Å²) in [5.74, 6) is 0.223. The van der Waals surface area contributed by atoms with Crippen molar-refractivity contribution in [2.75, 3.05) is 7.11 Å². The highest BCUT2D eigenvalue weighted by atomic mass is 79.9. The number of hydrogen-bond donors (Lipinski definition) is 0. The summed E-state index contributed by atoms with van der Waals surface area (Å²) in [6, 6.07) is 16.2. The number of ketones is 1. The summed E-state index contributed by atoms with van der Waals surface area (Å²) in [5, 5.41) is 1.95. The second-order valence-corrected chi connectivity index (χ2v) is 8.31. The highest BCUT2D eigenvalue weighted by molar-refractivity contribution is 9.10. The second-order valence-electron chi connectivity index (χ2n) is 7.45. The summed E-state index contributed by atoms with van der Waals surface area (Å²) < 4.78 is 11.2. The molecule has 0 saturated heterocycles. The quantitative estimate of drug-likeness (QED) is 0.380. The van der Waals surface area contributed by atoms with Gasteiger partial charge in [-0.15, -0.1) is 0 Å². The van der Waals surface area contributed by atoms with Crippen molar-refractivity contribution < 1.29 is 19.1 Å². The Labute approximate surface area is 172 Å². The van der Waals surface area contributed by atoms with Crippen molar-refractivity contribution in [2.45, 2.75) is 26.4 Å². The Hall–Kier alpha value is -2.66. The van der Waals surface area contributed by atoms with Crippen LogP contribution in [0, 0.1) is 0 Å². The maximum atomic E-state index is 12.9. The molecule has 28 heavy (non-hydrogen) atoms. The van der Waals surface area contributed by atoms with Crippen LogP contribution in [0.1, 0.15) is 47.1 Å². The zero-order valence-corrected chi connectivity index (χ0v) is 17.8. The smallest absolute Gasteiger partial charge is 0.339 e. The van der Waals surface area contributed by atoms with Gasteiger partial charge in [-0.2, -0.15) is 0 Å². The first kappa shape index (κ1) is 20.1. The van der Waals surface area contributed by atoms with E-state index in [2.05, 4.69) is 15.9 Å². The summed E-state index contributed by atoms with van der Waals surface area (Å²) in [6.45, 7) is 5.43.